The molecule has 0 radical (unpaired) electrons. The van der Waals surface area contributed by atoms with Crippen LogP contribution in [0.25, 0.3) is 11.4 Å². The molecule has 1 amide bonds. The maximum atomic E-state index is 12.7. The Balaban J connectivity index is 1.32. The minimum atomic E-state index is 0.179. The SMILES string of the molecule is CCn1c(SCC(=O)N2CCN(Cc3cccs3)CC2)nnc1-c1cccc(C)c1. The lowest BCUT2D eigenvalue weighted by atomic mass is 10.1. The number of hydrogen-bond acceptors (Lipinski definition) is 6. The number of hydrogen-bond donors (Lipinski definition) is 0. The highest BCUT2D eigenvalue weighted by molar-refractivity contribution is 7.99. The fourth-order valence-corrected chi connectivity index (χ4v) is 5.33. The number of nitrogens with zero attached hydrogens (tertiary/aromatic N) is 5. The molecule has 0 N–H and O–H groups in total. The van der Waals surface area contributed by atoms with Crippen LogP contribution in [0.4, 0.5) is 0 Å². The number of carbonyl (C=O) groups excluding carboxylic acids is 1. The maximum absolute atomic E-state index is 12.7. The van der Waals surface area contributed by atoms with Crippen LogP contribution in [0.1, 0.15) is 17.4 Å². The summed E-state index contributed by atoms with van der Waals surface area (Å²) in [4.78, 5) is 18.5. The van der Waals surface area contributed by atoms with E-state index in [0.717, 1.165) is 55.8 Å². The molecule has 1 aromatic carbocycles. The molecule has 3 aromatic rings. The highest BCUT2D eigenvalue weighted by Crippen LogP contribution is 2.25. The second-order valence-electron chi connectivity index (χ2n) is 7.44. The number of benzene rings is 1. The van der Waals surface area contributed by atoms with Crippen LogP contribution in [0.2, 0.25) is 0 Å². The Labute approximate surface area is 185 Å². The highest BCUT2D eigenvalue weighted by atomic mass is 32.2. The molecule has 2 aromatic heterocycles. The monoisotopic (exact) mass is 441 g/mol. The van der Waals surface area contributed by atoms with Crippen LogP contribution < -0.4 is 0 Å². The zero-order chi connectivity index (χ0) is 20.9. The summed E-state index contributed by atoms with van der Waals surface area (Å²) in [7, 11) is 0. The molecule has 4 rings (SSSR count). The normalized spacial score (nSPS) is 14.9. The zero-order valence-electron chi connectivity index (χ0n) is 17.5. The Hall–Kier alpha value is -2.16. The van der Waals surface area contributed by atoms with Gasteiger partial charge in [-0.2, -0.15) is 0 Å². The second-order valence-corrected chi connectivity index (χ2v) is 9.42. The van der Waals surface area contributed by atoms with Gasteiger partial charge in [-0.15, -0.1) is 21.5 Å². The van der Waals surface area contributed by atoms with E-state index >= 15 is 0 Å². The van der Waals surface area contributed by atoms with Crippen molar-refractivity contribution in [2.24, 2.45) is 0 Å². The van der Waals surface area contributed by atoms with Crippen LogP contribution in [-0.2, 0) is 17.9 Å². The van der Waals surface area contributed by atoms with Gasteiger partial charge >= 0.3 is 0 Å². The number of carbonyl (C=O) groups is 1. The summed E-state index contributed by atoms with van der Waals surface area (Å²) >= 11 is 3.28. The molecule has 30 heavy (non-hydrogen) atoms. The van der Waals surface area contributed by atoms with Gasteiger partial charge in [0.2, 0.25) is 5.91 Å². The first-order valence-electron chi connectivity index (χ1n) is 10.3. The van der Waals surface area contributed by atoms with Crippen LogP contribution in [-0.4, -0.2) is 62.4 Å². The van der Waals surface area contributed by atoms with Crippen molar-refractivity contribution in [3.8, 4) is 11.4 Å². The third-order valence-electron chi connectivity index (χ3n) is 5.32. The van der Waals surface area contributed by atoms with Crippen molar-refractivity contribution >= 4 is 29.0 Å². The summed E-state index contributed by atoms with van der Waals surface area (Å²) in [6.45, 7) is 9.35. The highest BCUT2D eigenvalue weighted by Gasteiger charge is 2.22. The lowest BCUT2D eigenvalue weighted by molar-refractivity contribution is -0.130. The average Bonchev–Trinajstić information content (AvgIpc) is 3.42. The van der Waals surface area contributed by atoms with Gasteiger partial charge in [0, 0.05) is 49.7 Å². The quantitative estimate of drug-likeness (QED) is 0.523. The van der Waals surface area contributed by atoms with Crippen molar-refractivity contribution in [3.05, 3.63) is 52.2 Å². The van der Waals surface area contributed by atoms with E-state index in [1.165, 1.54) is 22.2 Å². The average molecular weight is 442 g/mol. The summed E-state index contributed by atoms with van der Waals surface area (Å²) in [6, 6.07) is 12.5. The van der Waals surface area contributed by atoms with Gasteiger partial charge in [0.15, 0.2) is 11.0 Å². The minimum Gasteiger partial charge on any atom is -0.339 e. The van der Waals surface area contributed by atoms with Crippen LogP contribution in [0.3, 0.4) is 0 Å². The van der Waals surface area contributed by atoms with E-state index in [2.05, 4.69) is 69.2 Å². The van der Waals surface area contributed by atoms with E-state index in [1.54, 1.807) is 11.3 Å². The number of aromatic nitrogens is 3. The van der Waals surface area contributed by atoms with Gasteiger partial charge in [0.25, 0.3) is 0 Å². The summed E-state index contributed by atoms with van der Waals surface area (Å²) in [6.07, 6.45) is 0. The van der Waals surface area contributed by atoms with Gasteiger partial charge in [-0.1, -0.05) is 41.6 Å². The number of aryl methyl sites for hydroxylation is 1. The molecule has 0 bridgehead atoms. The first-order chi connectivity index (χ1) is 14.6. The Kier molecular flexibility index (Phi) is 6.86. The molecule has 0 saturated carbocycles. The Morgan fingerprint density at radius 3 is 2.67 bits per heavy atom. The van der Waals surface area contributed by atoms with Crippen molar-refractivity contribution < 1.29 is 4.79 Å². The van der Waals surface area contributed by atoms with Gasteiger partial charge in [0.1, 0.15) is 0 Å². The van der Waals surface area contributed by atoms with E-state index in [-0.39, 0.29) is 5.91 Å². The van der Waals surface area contributed by atoms with Gasteiger partial charge in [-0.3, -0.25) is 9.69 Å². The Bertz CT molecular complexity index is 977. The summed E-state index contributed by atoms with van der Waals surface area (Å²) in [5, 5.41) is 11.7. The van der Waals surface area contributed by atoms with Crippen LogP contribution >= 0.6 is 23.1 Å². The molecule has 3 heterocycles. The molecule has 158 valence electrons. The van der Waals surface area contributed by atoms with Crippen molar-refractivity contribution in [2.45, 2.75) is 32.1 Å². The number of rotatable bonds is 7. The van der Waals surface area contributed by atoms with E-state index in [1.807, 2.05) is 11.0 Å². The largest absolute Gasteiger partial charge is 0.339 e. The van der Waals surface area contributed by atoms with Gasteiger partial charge in [0.05, 0.1) is 5.75 Å². The third kappa shape index (κ3) is 4.94. The smallest absolute Gasteiger partial charge is 0.233 e. The number of piperazine rings is 1. The third-order valence-corrected chi connectivity index (χ3v) is 7.13. The van der Waals surface area contributed by atoms with Crippen molar-refractivity contribution in [3.63, 3.8) is 0 Å². The van der Waals surface area contributed by atoms with E-state index in [0.29, 0.717) is 5.75 Å². The van der Waals surface area contributed by atoms with Crippen molar-refractivity contribution in [1.29, 1.82) is 0 Å². The molecular weight excluding hydrogens is 414 g/mol. The number of thiophene rings is 1. The molecule has 1 fully saturated rings. The maximum Gasteiger partial charge on any atom is 0.233 e. The topological polar surface area (TPSA) is 54.3 Å². The molecule has 0 unspecified atom stereocenters. The molecule has 1 aliphatic heterocycles. The molecule has 8 heteroatoms. The Morgan fingerprint density at radius 1 is 1.13 bits per heavy atom. The summed E-state index contributed by atoms with van der Waals surface area (Å²) in [5.74, 6) is 1.44. The van der Waals surface area contributed by atoms with Crippen LogP contribution in [0.15, 0.2) is 46.9 Å². The van der Waals surface area contributed by atoms with Crippen LogP contribution in [0, 0.1) is 6.92 Å². The predicted octanol–water partition coefficient (Wildman–Crippen LogP) is 3.77. The lowest BCUT2D eigenvalue weighted by Crippen LogP contribution is -2.48. The molecule has 0 aliphatic carbocycles. The minimum absolute atomic E-state index is 0.179. The molecule has 6 nitrogen and oxygen atoms in total. The molecule has 0 spiro atoms. The molecule has 1 aliphatic rings. The standard InChI is InChI=1S/C22H27N5OS2/c1-3-27-21(18-7-4-6-17(2)14-18)23-24-22(27)30-16-20(28)26-11-9-25(10-12-26)15-19-8-5-13-29-19/h4-8,13-14H,3,9-12,15-16H2,1-2H3. The van der Waals surface area contributed by atoms with Gasteiger partial charge in [-0.25, -0.2) is 0 Å². The van der Waals surface area contributed by atoms with Crippen molar-refractivity contribution in [2.75, 3.05) is 31.9 Å². The Morgan fingerprint density at radius 2 is 1.97 bits per heavy atom. The fourth-order valence-electron chi connectivity index (χ4n) is 3.67. The first-order valence-corrected chi connectivity index (χ1v) is 12.2. The second kappa shape index (κ2) is 9.76. The van der Waals surface area contributed by atoms with Crippen LogP contribution in [0.5, 0.6) is 0 Å². The van der Waals surface area contributed by atoms with Gasteiger partial charge < -0.3 is 9.47 Å². The van der Waals surface area contributed by atoms with E-state index in [4.69, 9.17) is 0 Å². The molecule has 1 saturated heterocycles. The summed E-state index contributed by atoms with van der Waals surface area (Å²) in [5.41, 5.74) is 2.25. The molecule has 0 atom stereocenters. The predicted molar refractivity (Wildman–Crippen MR) is 123 cm³/mol. The van der Waals surface area contributed by atoms with E-state index in [9.17, 15) is 4.79 Å². The van der Waals surface area contributed by atoms with Gasteiger partial charge in [-0.05, 0) is 31.4 Å². The number of thioether (sulfide) groups is 1. The summed E-state index contributed by atoms with van der Waals surface area (Å²) < 4.78 is 2.09. The zero-order valence-corrected chi connectivity index (χ0v) is 19.1. The number of amides is 1. The fraction of sp³-hybridized carbons (Fsp3) is 0.409. The molecular formula is C22H27N5OS2. The van der Waals surface area contributed by atoms with E-state index < -0.39 is 0 Å². The lowest BCUT2D eigenvalue weighted by Gasteiger charge is -2.34. The van der Waals surface area contributed by atoms with Crippen molar-refractivity contribution in [1.82, 2.24) is 24.6 Å². The first kappa shape index (κ1) is 21.1.